The highest BCUT2D eigenvalue weighted by molar-refractivity contribution is 7.13. The topological polar surface area (TPSA) is 63.9 Å². The number of rotatable bonds is 4. The van der Waals surface area contributed by atoms with Gasteiger partial charge in [-0.25, -0.2) is 13.8 Å². The minimum absolute atomic E-state index is 0.0567. The van der Waals surface area contributed by atoms with Gasteiger partial charge in [0.1, 0.15) is 22.3 Å². The molecule has 36 heavy (non-hydrogen) atoms. The van der Waals surface area contributed by atoms with Crippen LogP contribution in [0, 0.1) is 11.6 Å². The lowest BCUT2D eigenvalue weighted by Gasteiger charge is -2.33. The zero-order valence-electron chi connectivity index (χ0n) is 19.1. The van der Waals surface area contributed by atoms with Crippen LogP contribution >= 0.6 is 22.7 Å². The summed E-state index contributed by atoms with van der Waals surface area (Å²) < 4.78 is 29.5. The van der Waals surface area contributed by atoms with E-state index in [2.05, 4.69) is 21.2 Å². The predicted molar refractivity (Wildman–Crippen MR) is 136 cm³/mol. The van der Waals surface area contributed by atoms with Crippen molar-refractivity contribution >= 4 is 28.6 Å². The number of thiophene rings is 1. The molecule has 0 radical (unpaired) electrons. The Hall–Kier alpha value is -3.76. The number of amides is 1. The third-order valence-corrected chi connectivity index (χ3v) is 8.07. The second-order valence-corrected chi connectivity index (χ2v) is 10.2. The molecule has 1 amide bonds. The van der Waals surface area contributed by atoms with Crippen molar-refractivity contribution in [3.8, 4) is 32.5 Å². The number of nitrogens with zero attached hydrogens (tertiary/aromatic N) is 5. The van der Waals surface area contributed by atoms with Crippen molar-refractivity contribution < 1.29 is 13.6 Å². The number of thiazole rings is 1. The fourth-order valence-corrected chi connectivity index (χ4v) is 5.96. The van der Waals surface area contributed by atoms with Gasteiger partial charge >= 0.3 is 0 Å². The Bertz CT molecular complexity index is 1560. The van der Waals surface area contributed by atoms with E-state index in [1.165, 1.54) is 23.5 Å². The minimum atomic E-state index is -0.662. The fourth-order valence-electron chi connectivity index (χ4n) is 4.40. The van der Waals surface area contributed by atoms with E-state index in [-0.39, 0.29) is 17.5 Å². The largest absolute Gasteiger partial charge is 0.327 e. The molecule has 1 atom stereocenters. The minimum Gasteiger partial charge on any atom is -0.327 e. The Balaban J connectivity index is 1.24. The summed E-state index contributed by atoms with van der Waals surface area (Å²) in [5.74, 6) is -0.119. The van der Waals surface area contributed by atoms with Gasteiger partial charge in [-0.1, -0.05) is 18.2 Å². The Morgan fingerprint density at radius 2 is 1.86 bits per heavy atom. The van der Waals surface area contributed by atoms with E-state index in [1.807, 2.05) is 47.2 Å². The molecule has 0 saturated carbocycles. The predicted octanol–water partition coefficient (Wildman–Crippen LogP) is 6.29. The van der Waals surface area contributed by atoms with Crippen LogP contribution in [-0.2, 0) is 6.54 Å². The van der Waals surface area contributed by atoms with Crippen molar-refractivity contribution in [2.45, 2.75) is 19.5 Å². The molecule has 0 N–H and O–H groups in total. The molecule has 5 aromatic rings. The maximum absolute atomic E-state index is 14.2. The van der Waals surface area contributed by atoms with Gasteiger partial charge in [-0.2, -0.15) is 0 Å². The van der Waals surface area contributed by atoms with Crippen LogP contribution in [0.15, 0.2) is 65.4 Å². The van der Waals surface area contributed by atoms with Crippen molar-refractivity contribution in [2.24, 2.45) is 0 Å². The molecular formula is C26H19F2N5OS2. The lowest BCUT2D eigenvalue weighted by molar-refractivity contribution is 0.0638. The molecule has 10 heteroatoms. The van der Waals surface area contributed by atoms with E-state index in [1.54, 1.807) is 21.6 Å². The standard InChI is InChI=1S/C26H19F2N5OS2/c1-15-23-30-31-24(21-14-36-25(29-21)19-9-8-18(27)13-20(19)28)33(23)11-10-32(15)26(34)17-6-4-16(5-7-17)22-3-2-12-35-22/h2-9,12-15H,10-11H2,1H3. The fraction of sp³-hybridized carbons (Fsp3) is 0.154. The summed E-state index contributed by atoms with van der Waals surface area (Å²) in [5.41, 5.74) is 2.51. The first kappa shape index (κ1) is 22.7. The summed E-state index contributed by atoms with van der Waals surface area (Å²) in [4.78, 5) is 20.8. The molecule has 3 aromatic heterocycles. The van der Waals surface area contributed by atoms with E-state index in [9.17, 15) is 13.6 Å². The SMILES string of the molecule is CC1c2nnc(-c3csc(-c4ccc(F)cc4F)n3)n2CCN1C(=O)c1ccc(-c2cccs2)cc1. The molecule has 0 bridgehead atoms. The summed E-state index contributed by atoms with van der Waals surface area (Å²) in [6.45, 7) is 2.94. The Morgan fingerprint density at radius 1 is 1.03 bits per heavy atom. The highest BCUT2D eigenvalue weighted by atomic mass is 32.1. The summed E-state index contributed by atoms with van der Waals surface area (Å²) in [5, 5.41) is 12.9. The molecule has 0 spiro atoms. The maximum atomic E-state index is 14.2. The Labute approximate surface area is 213 Å². The first-order chi connectivity index (χ1) is 17.5. The smallest absolute Gasteiger partial charge is 0.254 e. The van der Waals surface area contributed by atoms with Crippen LogP contribution in [0.2, 0.25) is 0 Å². The van der Waals surface area contributed by atoms with Crippen LogP contribution in [0.1, 0.15) is 29.1 Å². The number of fused-ring (bicyclic) bond motifs is 1. The second kappa shape index (κ2) is 9.03. The Morgan fingerprint density at radius 3 is 2.61 bits per heavy atom. The van der Waals surface area contributed by atoms with E-state index >= 15 is 0 Å². The van der Waals surface area contributed by atoms with Gasteiger partial charge in [-0.05, 0) is 48.2 Å². The lowest BCUT2D eigenvalue weighted by atomic mass is 10.1. The zero-order valence-corrected chi connectivity index (χ0v) is 20.7. The molecule has 180 valence electrons. The Kier molecular flexibility index (Phi) is 5.69. The molecule has 2 aromatic carbocycles. The first-order valence-electron chi connectivity index (χ1n) is 11.3. The van der Waals surface area contributed by atoms with Gasteiger partial charge in [0.2, 0.25) is 0 Å². The number of hydrogen-bond acceptors (Lipinski definition) is 6. The van der Waals surface area contributed by atoms with Crippen LogP contribution in [0.4, 0.5) is 8.78 Å². The molecule has 0 aliphatic carbocycles. The molecule has 4 heterocycles. The number of aromatic nitrogens is 4. The maximum Gasteiger partial charge on any atom is 0.254 e. The van der Waals surface area contributed by atoms with Crippen LogP contribution in [-0.4, -0.2) is 37.1 Å². The van der Waals surface area contributed by atoms with E-state index in [4.69, 9.17) is 0 Å². The lowest BCUT2D eigenvalue weighted by Crippen LogP contribution is -2.41. The van der Waals surface area contributed by atoms with Gasteiger partial charge in [0.25, 0.3) is 5.91 Å². The summed E-state index contributed by atoms with van der Waals surface area (Å²) in [6, 6.07) is 14.9. The molecule has 1 unspecified atom stereocenters. The van der Waals surface area contributed by atoms with Gasteiger partial charge in [0.15, 0.2) is 11.6 Å². The highest BCUT2D eigenvalue weighted by Gasteiger charge is 2.32. The molecule has 0 saturated heterocycles. The number of carbonyl (C=O) groups is 1. The van der Waals surface area contributed by atoms with Gasteiger partial charge < -0.3 is 9.47 Å². The molecule has 1 aliphatic rings. The van der Waals surface area contributed by atoms with Crippen LogP contribution < -0.4 is 0 Å². The van der Waals surface area contributed by atoms with E-state index < -0.39 is 11.6 Å². The highest BCUT2D eigenvalue weighted by Crippen LogP contribution is 2.33. The molecule has 6 nitrogen and oxygen atoms in total. The molecule has 1 aliphatic heterocycles. The third kappa shape index (κ3) is 3.92. The number of benzene rings is 2. The van der Waals surface area contributed by atoms with Gasteiger partial charge in [0.05, 0.1) is 6.04 Å². The van der Waals surface area contributed by atoms with Crippen molar-refractivity contribution in [1.82, 2.24) is 24.6 Å². The van der Waals surface area contributed by atoms with Gasteiger partial charge in [-0.15, -0.1) is 32.9 Å². The number of halogens is 2. The van der Waals surface area contributed by atoms with Crippen LogP contribution in [0.3, 0.4) is 0 Å². The van der Waals surface area contributed by atoms with Crippen molar-refractivity contribution in [1.29, 1.82) is 0 Å². The monoisotopic (exact) mass is 519 g/mol. The quantitative estimate of drug-likeness (QED) is 0.280. The van der Waals surface area contributed by atoms with E-state index in [0.717, 1.165) is 16.5 Å². The normalized spacial score (nSPS) is 15.2. The molecular weight excluding hydrogens is 500 g/mol. The number of hydrogen-bond donors (Lipinski definition) is 0. The van der Waals surface area contributed by atoms with Crippen molar-refractivity contribution in [3.63, 3.8) is 0 Å². The third-order valence-electron chi connectivity index (χ3n) is 6.28. The van der Waals surface area contributed by atoms with Crippen molar-refractivity contribution in [2.75, 3.05) is 6.54 Å². The summed E-state index contributed by atoms with van der Waals surface area (Å²) >= 11 is 2.92. The second-order valence-electron chi connectivity index (χ2n) is 8.42. The molecule has 6 rings (SSSR count). The average molecular weight is 520 g/mol. The van der Waals surface area contributed by atoms with Crippen molar-refractivity contribution in [3.05, 3.63) is 88.4 Å². The van der Waals surface area contributed by atoms with E-state index in [0.29, 0.717) is 41.0 Å². The average Bonchev–Trinajstić information content (AvgIpc) is 3.65. The number of carbonyl (C=O) groups excluding carboxylic acids is 1. The van der Waals surface area contributed by atoms with Crippen LogP contribution in [0.25, 0.3) is 32.5 Å². The van der Waals surface area contributed by atoms with Gasteiger partial charge in [-0.3, -0.25) is 4.79 Å². The first-order valence-corrected chi connectivity index (χ1v) is 13.0. The summed E-state index contributed by atoms with van der Waals surface area (Å²) in [6.07, 6.45) is 0. The van der Waals surface area contributed by atoms with Gasteiger partial charge in [0, 0.05) is 40.5 Å². The zero-order chi connectivity index (χ0) is 24.8. The van der Waals surface area contributed by atoms with Crippen LogP contribution in [0.5, 0.6) is 0 Å². The summed E-state index contributed by atoms with van der Waals surface area (Å²) in [7, 11) is 0. The molecule has 0 fully saturated rings.